The van der Waals surface area contributed by atoms with Crippen LogP contribution < -0.4 is 9.47 Å². The predicted octanol–water partition coefficient (Wildman–Crippen LogP) is 4.35. The number of ether oxygens (including phenoxy) is 3. The van der Waals surface area contributed by atoms with E-state index in [1.165, 1.54) is 6.33 Å². The lowest BCUT2D eigenvalue weighted by Gasteiger charge is -2.32. The molecule has 1 N–H and O–H groups in total. The van der Waals surface area contributed by atoms with Gasteiger partial charge in [0.1, 0.15) is 18.2 Å². The van der Waals surface area contributed by atoms with Crippen LogP contribution in [-0.4, -0.2) is 58.0 Å². The van der Waals surface area contributed by atoms with E-state index in [4.69, 9.17) is 19.3 Å². The Hall–Kier alpha value is -3.01. The summed E-state index contributed by atoms with van der Waals surface area (Å²) in [5.74, 6) is -1.07. The summed E-state index contributed by atoms with van der Waals surface area (Å²) in [6, 6.07) is 1.99. The van der Waals surface area contributed by atoms with Gasteiger partial charge in [-0.25, -0.2) is 23.5 Å². The molecule has 2 heterocycles. The van der Waals surface area contributed by atoms with Crippen LogP contribution >= 0.6 is 0 Å². The van der Waals surface area contributed by atoms with Crippen LogP contribution in [0.2, 0.25) is 0 Å². The van der Waals surface area contributed by atoms with Crippen molar-refractivity contribution in [2.75, 3.05) is 19.7 Å². The van der Waals surface area contributed by atoms with E-state index in [1.54, 1.807) is 4.90 Å². The average molecular weight is 478 g/mol. The summed E-state index contributed by atoms with van der Waals surface area (Å²) in [5, 5.41) is 9.01. The Morgan fingerprint density at radius 3 is 2.47 bits per heavy atom. The second-order valence-corrected chi connectivity index (χ2v) is 8.86. The van der Waals surface area contributed by atoms with Crippen LogP contribution in [0, 0.1) is 11.6 Å². The molecule has 8 nitrogen and oxygen atoms in total. The maximum absolute atomic E-state index is 14.6. The number of hydrogen-bond acceptors (Lipinski definition) is 7. The van der Waals surface area contributed by atoms with Crippen LogP contribution in [0.1, 0.15) is 56.6 Å². The Balaban J connectivity index is 1.48. The molecule has 1 saturated heterocycles. The van der Waals surface area contributed by atoms with Crippen molar-refractivity contribution in [2.45, 2.75) is 64.1 Å². The topological polar surface area (TPSA) is 94.0 Å². The first-order valence-electron chi connectivity index (χ1n) is 11.6. The number of piperidine rings is 1. The molecule has 0 atom stereocenters. The highest BCUT2D eigenvalue weighted by molar-refractivity contribution is 5.67. The first-order valence-corrected chi connectivity index (χ1v) is 11.6. The van der Waals surface area contributed by atoms with Gasteiger partial charge in [-0.15, -0.1) is 0 Å². The standard InChI is InChI=1S/C24H29F2N3O5/c1-14(2)32-24(31)29-8-5-17(6-9-29)33-22-21(15-3-4-15)23(28-13-27-22)34-20-12-18(25)16(7-10-30)11-19(20)26/h11-15,17,30H,3-10H2,1-2H3. The van der Waals surface area contributed by atoms with E-state index >= 15 is 0 Å². The molecule has 0 unspecified atom stereocenters. The zero-order valence-electron chi connectivity index (χ0n) is 19.3. The van der Waals surface area contributed by atoms with E-state index in [0.29, 0.717) is 37.4 Å². The molecule has 2 aliphatic rings. The number of nitrogens with zero attached hydrogens (tertiary/aromatic N) is 3. The largest absolute Gasteiger partial charge is 0.474 e. The predicted molar refractivity (Wildman–Crippen MR) is 118 cm³/mol. The average Bonchev–Trinajstić information content (AvgIpc) is 3.63. The second kappa shape index (κ2) is 10.5. The maximum Gasteiger partial charge on any atom is 0.410 e. The Bertz CT molecular complexity index is 1020. The number of aromatic nitrogens is 2. The number of aliphatic hydroxyl groups excluding tert-OH is 1. The SMILES string of the molecule is CC(C)OC(=O)N1CCC(Oc2ncnc(Oc3cc(F)c(CCO)cc3F)c2C2CC2)CC1. The van der Waals surface area contributed by atoms with Gasteiger partial charge < -0.3 is 24.2 Å². The summed E-state index contributed by atoms with van der Waals surface area (Å²) in [7, 11) is 0. The quantitative estimate of drug-likeness (QED) is 0.604. The van der Waals surface area contributed by atoms with Gasteiger partial charge in [-0.1, -0.05) is 0 Å². The van der Waals surface area contributed by atoms with Crippen molar-refractivity contribution in [1.29, 1.82) is 0 Å². The highest BCUT2D eigenvalue weighted by atomic mass is 19.1. The third kappa shape index (κ3) is 5.72. The molecule has 0 bridgehead atoms. The monoisotopic (exact) mass is 477 g/mol. The summed E-state index contributed by atoms with van der Waals surface area (Å²) in [4.78, 5) is 22.2. The molecular formula is C24H29F2N3O5. The minimum atomic E-state index is -0.742. The summed E-state index contributed by atoms with van der Waals surface area (Å²) in [6.45, 7) is 4.35. The molecule has 1 aromatic carbocycles. The van der Waals surface area contributed by atoms with Crippen molar-refractivity contribution in [3.63, 3.8) is 0 Å². The number of carbonyl (C=O) groups excluding carboxylic acids is 1. The number of carbonyl (C=O) groups is 1. The van der Waals surface area contributed by atoms with E-state index in [-0.39, 0.29) is 54.4 Å². The normalized spacial score (nSPS) is 16.6. The molecular weight excluding hydrogens is 448 g/mol. The van der Waals surface area contributed by atoms with Crippen LogP contribution in [0.3, 0.4) is 0 Å². The fourth-order valence-corrected chi connectivity index (χ4v) is 3.92. The first-order chi connectivity index (χ1) is 16.4. The third-order valence-corrected chi connectivity index (χ3v) is 5.80. The highest BCUT2D eigenvalue weighted by Gasteiger charge is 2.34. The molecule has 1 amide bonds. The molecule has 184 valence electrons. The summed E-state index contributed by atoms with van der Waals surface area (Å²) < 4.78 is 46.0. The first kappa shape index (κ1) is 24.1. The minimum absolute atomic E-state index is 0.00978. The molecule has 1 aliphatic heterocycles. The highest BCUT2D eigenvalue weighted by Crippen LogP contribution is 2.48. The molecule has 1 saturated carbocycles. The smallest absolute Gasteiger partial charge is 0.410 e. The third-order valence-electron chi connectivity index (χ3n) is 5.80. The van der Waals surface area contributed by atoms with Gasteiger partial charge in [-0.3, -0.25) is 0 Å². The molecule has 0 radical (unpaired) electrons. The van der Waals surface area contributed by atoms with Crippen molar-refractivity contribution in [2.24, 2.45) is 0 Å². The molecule has 2 fully saturated rings. The molecule has 10 heteroatoms. The van der Waals surface area contributed by atoms with Crippen molar-refractivity contribution < 1.29 is 32.9 Å². The van der Waals surface area contributed by atoms with Crippen molar-refractivity contribution in [3.8, 4) is 17.5 Å². The van der Waals surface area contributed by atoms with E-state index < -0.39 is 11.6 Å². The number of rotatable bonds is 8. The van der Waals surface area contributed by atoms with Crippen LogP contribution in [0.15, 0.2) is 18.5 Å². The summed E-state index contributed by atoms with van der Waals surface area (Å²) in [5.41, 5.74) is 0.716. The van der Waals surface area contributed by atoms with E-state index in [9.17, 15) is 13.6 Å². The van der Waals surface area contributed by atoms with E-state index in [0.717, 1.165) is 25.0 Å². The van der Waals surface area contributed by atoms with Gasteiger partial charge in [-0.2, -0.15) is 0 Å². The van der Waals surface area contributed by atoms with Crippen LogP contribution in [0.25, 0.3) is 0 Å². The Morgan fingerprint density at radius 2 is 1.82 bits per heavy atom. The minimum Gasteiger partial charge on any atom is -0.474 e. The van der Waals surface area contributed by atoms with Crippen molar-refractivity contribution >= 4 is 6.09 Å². The van der Waals surface area contributed by atoms with Crippen molar-refractivity contribution in [3.05, 3.63) is 41.2 Å². The van der Waals surface area contributed by atoms with Gasteiger partial charge in [0.2, 0.25) is 11.8 Å². The van der Waals surface area contributed by atoms with Crippen LogP contribution in [0.4, 0.5) is 13.6 Å². The lowest BCUT2D eigenvalue weighted by atomic mass is 10.1. The lowest BCUT2D eigenvalue weighted by Crippen LogP contribution is -2.42. The van der Waals surface area contributed by atoms with Crippen LogP contribution in [-0.2, 0) is 11.2 Å². The Kier molecular flexibility index (Phi) is 7.45. The second-order valence-electron chi connectivity index (χ2n) is 8.86. The summed E-state index contributed by atoms with van der Waals surface area (Å²) in [6.07, 6.45) is 3.65. The summed E-state index contributed by atoms with van der Waals surface area (Å²) >= 11 is 0. The number of aliphatic hydroxyl groups is 1. The maximum atomic E-state index is 14.6. The van der Waals surface area contributed by atoms with E-state index in [1.807, 2.05) is 13.8 Å². The zero-order chi connectivity index (χ0) is 24.2. The van der Waals surface area contributed by atoms with Gasteiger partial charge in [0.25, 0.3) is 0 Å². The number of likely N-dealkylation sites (tertiary alicyclic amines) is 1. The van der Waals surface area contributed by atoms with E-state index in [2.05, 4.69) is 9.97 Å². The molecule has 4 rings (SSSR count). The van der Waals surface area contributed by atoms with Crippen LogP contribution in [0.5, 0.6) is 17.5 Å². The number of hydrogen-bond donors (Lipinski definition) is 1. The molecule has 1 aromatic heterocycles. The fourth-order valence-electron chi connectivity index (χ4n) is 3.92. The number of benzene rings is 1. The molecule has 34 heavy (non-hydrogen) atoms. The molecule has 1 aliphatic carbocycles. The number of amides is 1. The van der Waals surface area contributed by atoms with Gasteiger partial charge in [-0.05, 0) is 50.7 Å². The van der Waals surface area contributed by atoms with Gasteiger partial charge >= 0.3 is 6.09 Å². The van der Waals surface area contributed by atoms with Gasteiger partial charge in [0.15, 0.2) is 11.6 Å². The zero-order valence-corrected chi connectivity index (χ0v) is 19.3. The van der Waals surface area contributed by atoms with Gasteiger partial charge in [0.05, 0.1) is 11.7 Å². The van der Waals surface area contributed by atoms with Gasteiger partial charge in [0, 0.05) is 38.6 Å². The van der Waals surface area contributed by atoms with Crippen molar-refractivity contribution in [1.82, 2.24) is 14.9 Å². The molecule has 2 aromatic rings. The fraction of sp³-hybridized carbons (Fsp3) is 0.542. The number of halogens is 2. The molecule has 0 spiro atoms. The Morgan fingerprint density at radius 1 is 1.12 bits per heavy atom. The lowest BCUT2D eigenvalue weighted by molar-refractivity contribution is 0.0504. The Labute approximate surface area is 196 Å².